The summed E-state index contributed by atoms with van der Waals surface area (Å²) in [6, 6.07) is 7.82. The number of fused-ring (bicyclic) bond motifs is 4. The summed E-state index contributed by atoms with van der Waals surface area (Å²) in [5.74, 6) is 1.95. The largest absolute Gasteiger partial charge is 0.496 e. The third-order valence-electron chi connectivity index (χ3n) is 5.49. The van der Waals surface area contributed by atoms with E-state index >= 15 is 0 Å². The normalized spacial score (nSPS) is 33.0. The van der Waals surface area contributed by atoms with Gasteiger partial charge in [-0.05, 0) is 49.8 Å². The van der Waals surface area contributed by atoms with Crippen LogP contribution in [0.15, 0.2) is 18.2 Å². The van der Waals surface area contributed by atoms with Gasteiger partial charge in [0, 0.05) is 30.7 Å². The van der Waals surface area contributed by atoms with Crippen molar-refractivity contribution in [3.05, 3.63) is 29.3 Å². The average Bonchev–Trinajstić information content (AvgIpc) is 2.52. The van der Waals surface area contributed by atoms with Gasteiger partial charge in [-0.2, -0.15) is 0 Å². The third-order valence-corrected chi connectivity index (χ3v) is 5.49. The molecule has 2 fully saturated rings. The molecular formula is C17H24N2O. The second-order valence-corrected chi connectivity index (χ2v) is 6.49. The Hall–Kier alpha value is -1.06. The second-order valence-electron chi connectivity index (χ2n) is 6.49. The molecule has 4 rings (SSSR count). The smallest absolute Gasteiger partial charge is 0.123 e. The first kappa shape index (κ1) is 12.7. The van der Waals surface area contributed by atoms with E-state index in [0.29, 0.717) is 12.1 Å². The maximum atomic E-state index is 5.65. The maximum Gasteiger partial charge on any atom is 0.123 e. The zero-order valence-corrected chi connectivity index (χ0v) is 12.3. The van der Waals surface area contributed by atoms with Crippen molar-refractivity contribution in [3.63, 3.8) is 0 Å². The van der Waals surface area contributed by atoms with Crippen LogP contribution in [0, 0.1) is 5.92 Å². The van der Waals surface area contributed by atoms with Crippen LogP contribution in [0.5, 0.6) is 5.75 Å². The van der Waals surface area contributed by atoms with Crippen LogP contribution in [0.25, 0.3) is 0 Å². The Morgan fingerprint density at radius 2 is 2.30 bits per heavy atom. The monoisotopic (exact) mass is 272 g/mol. The van der Waals surface area contributed by atoms with Gasteiger partial charge in [0.1, 0.15) is 5.75 Å². The molecule has 3 nitrogen and oxygen atoms in total. The summed E-state index contributed by atoms with van der Waals surface area (Å²) >= 11 is 0. The Morgan fingerprint density at radius 1 is 1.35 bits per heavy atom. The second kappa shape index (κ2) is 5.05. The number of nitrogens with one attached hydrogen (secondary N) is 1. The number of ether oxygens (including phenoxy) is 1. The van der Waals surface area contributed by atoms with E-state index < -0.39 is 0 Å². The number of rotatable bonds is 1. The van der Waals surface area contributed by atoms with Crippen molar-refractivity contribution in [3.8, 4) is 5.75 Å². The molecule has 3 unspecified atom stereocenters. The topological polar surface area (TPSA) is 24.5 Å². The molecule has 3 heterocycles. The van der Waals surface area contributed by atoms with Crippen LogP contribution in [-0.2, 0) is 6.42 Å². The molecule has 3 atom stereocenters. The maximum absolute atomic E-state index is 5.65. The summed E-state index contributed by atoms with van der Waals surface area (Å²) in [5.41, 5.74) is 2.96. The highest BCUT2D eigenvalue weighted by Crippen LogP contribution is 2.43. The molecule has 0 aliphatic carbocycles. The number of hydrogen-bond donors (Lipinski definition) is 1. The fourth-order valence-electron chi connectivity index (χ4n) is 4.51. The molecule has 1 N–H and O–H groups in total. The minimum atomic E-state index is 0.557. The lowest BCUT2D eigenvalue weighted by Crippen LogP contribution is -2.54. The van der Waals surface area contributed by atoms with Gasteiger partial charge in [-0.3, -0.25) is 4.90 Å². The Morgan fingerprint density at radius 3 is 3.20 bits per heavy atom. The molecular weight excluding hydrogens is 248 g/mol. The standard InChI is InChI=1S/C17H24N2O/c1-20-16-6-2-4-12-7-9-19-11-13-5-3-8-18-14(13)10-15(19)17(12)16/h2,4,6,13-15,18H,3,5,7-11H2,1H3. The molecule has 0 bridgehead atoms. The van der Waals surface area contributed by atoms with Crippen molar-refractivity contribution in [2.75, 3.05) is 26.7 Å². The van der Waals surface area contributed by atoms with E-state index in [-0.39, 0.29) is 0 Å². The minimum absolute atomic E-state index is 0.557. The molecule has 1 aromatic rings. The predicted octanol–water partition coefficient (Wildman–Crippen LogP) is 2.37. The van der Waals surface area contributed by atoms with Crippen molar-refractivity contribution in [2.45, 2.75) is 37.8 Å². The number of hydrogen-bond acceptors (Lipinski definition) is 3. The molecule has 0 spiro atoms. The Bertz CT molecular complexity index is 488. The number of piperidine rings is 2. The predicted molar refractivity (Wildman–Crippen MR) is 80.1 cm³/mol. The van der Waals surface area contributed by atoms with E-state index in [2.05, 4.69) is 28.4 Å². The molecule has 0 radical (unpaired) electrons. The molecule has 1 aromatic carbocycles. The molecule has 0 aromatic heterocycles. The zero-order chi connectivity index (χ0) is 13.5. The Labute approximate surface area is 121 Å². The van der Waals surface area contributed by atoms with Gasteiger partial charge in [0.2, 0.25) is 0 Å². The SMILES string of the molecule is COc1cccc2c1C1CC3NCCCC3CN1CC2. The van der Waals surface area contributed by atoms with Gasteiger partial charge in [0.15, 0.2) is 0 Å². The molecule has 3 heteroatoms. The summed E-state index contributed by atoms with van der Waals surface area (Å²) in [4.78, 5) is 2.71. The highest BCUT2D eigenvalue weighted by atomic mass is 16.5. The van der Waals surface area contributed by atoms with Crippen molar-refractivity contribution in [1.82, 2.24) is 10.2 Å². The van der Waals surface area contributed by atoms with Crippen LogP contribution < -0.4 is 10.1 Å². The molecule has 3 aliphatic rings. The molecule has 0 amide bonds. The third kappa shape index (κ3) is 1.95. The zero-order valence-electron chi connectivity index (χ0n) is 12.3. The number of methoxy groups -OCH3 is 1. The Kier molecular flexibility index (Phi) is 3.20. The van der Waals surface area contributed by atoms with E-state index in [4.69, 9.17) is 4.74 Å². The first-order chi connectivity index (χ1) is 9.86. The van der Waals surface area contributed by atoms with Crippen molar-refractivity contribution >= 4 is 0 Å². The first-order valence-electron chi connectivity index (χ1n) is 8.00. The van der Waals surface area contributed by atoms with Crippen molar-refractivity contribution in [2.24, 2.45) is 5.92 Å². The lowest BCUT2D eigenvalue weighted by Gasteiger charge is -2.49. The van der Waals surface area contributed by atoms with Crippen LogP contribution in [0.1, 0.15) is 36.4 Å². The lowest BCUT2D eigenvalue weighted by atomic mass is 9.77. The van der Waals surface area contributed by atoms with E-state index in [1.54, 1.807) is 7.11 Å². The summed E-state index contributed by atoms with van der Waals surface area (Å²) in [6.45, 7) is 3.68. The fraction of sp³-hybridized carbons (Fsp3) is 0.647. The minimum Gasteiger partial charge on any atom is -0.496 e. The van der Waals surface area contributed by atoms with E-state index in [1.165, 1.54) is 56.4 Å². The average molecular weight is 272 g/mol. The van der Waals surface area contributed by atoms with Crippen LogP contribution in [0.3, 0.4) is 0 Å². The van der Waals surface area contributed by atoms with E-state index in [9.17, 15) is 0 Å². The van der Waals surface area contributed by atoms with Crippen LogP contribution in [-0.4, -0.2) is 37.7 Å². The Balaban J connectivity index is 1.69. The quantitative estimate of drug-likeness (QED) is 0.849. The summed E-state index contributed by atoms with van der Waals surface area (Å²) in [5, 5.41) is 3.75. The summed E-state index contributed by atoms with van der Waals surface area (Å²) < 4.78 is 5.65. The van der Waals surface area contributed by atoms with Crippen LogP contribution in [0.2, 0.25) is 0 Å². The van der Waals surface area contributed by atoms with Gasteiger partial charge in [-0.25, -0.2) is 0 Å². The van der Waals surface area contributed by atoms with Crippen molar-refractivity contribution < 1.29 is 4.74 Å². The number of nitrogens with zero attached hydrogens (tertiary/aromatic N) is 1. The number of benzene rings is 1. The van der Waals surface area contributed by atoms with E-state index in [1.807, 2.05) is 0 Å². The van der Waals surface area contributed by atoms with Gasteiger partial charge >= 0.3 is 0 Å². The highest BCUT2D eigenvalue weighted by molar-refractivity contribution is 5.44. The first-order valence-corrected chi connectivity index (χ1v) is 8.00. The van der Waals surface area contributed by atoms with Crippen molar-refractivity contribution in [1.29, 1.82) is 0 Å². The molecule has 0 saturated carbocycles. The van der Waals surface area contributed by atoms with Gasteiger partial charge in [-0.1, -0.05) is 12.1 Å². The summed E-state index contributed by atoms with van der Waals surface area (Å²) in [7, 11) is 1.80. The molecule has 3 aliphatic heterocycles. The van der Waals surface area contributed by atoms with Gasteiger partial charge in [0.25, 0.3) is 0 Å². The molecule has 20 heavy (non-hydrogen) atoms. The van der Waals surface area contributed by atoms with Gasteiger partial charge in [0.05, 0.1) is 7.11 Å². The van der Waals surface area contributed by atoms with Crippen LogP contribution in [0.4, 0.5) is 0 Å². The van der Waals surface area contributed by atoms with Crippen LogP contribution >= 0.6 is 0 Å². The lowest BCUT2D eigenvalue weighted by molar-refractivity contribution is 0.0538. The van der Waals surface area contributed by atoms with Gasteiger partial charge < -0.3 is 10.1 Å². The van der Waals surface area contributed by atoms with E-state index in [0.717, 1.165) is 11.7 Å². The molecule has 2 saturated heterocycles. The molecule has 108 valence electrons. The fourth-order valence-corrected chi connectivity index (χ4v) is 4.51. The highest BCUT2D eigenvalue weighted by Gasteiger charge is 2.40. The summed E-state index contributed by atoms with van der Waals surface area (Å²) in [6.07, 6.45) is 5.17. The van der Waals surface area contributed by atoms with Gasteiger partial charge in [-0.15, -0.1) is 0 Å².